The van der Waals surface area contributed by atoms with Crippen molar-refractivity contribution in [2.45, 2.75) is 24.7 Å². The Morgan fingerprint density at radius 3 is 2.35 bits per heavy atom. The molecule has 120 valence electrons. The highest BCUT2D eigenvalue weighted by molar-refractivity contribution is 5.91. The zero-order valence-corrected chi connectivity index (χ0v) is 13.1. The van der Waals surface area contributed by atoms with Crippen LogP contribution in [-0.4, -0.2) is 19.6 Å². The van der Waals surface area contributed by atoms with Crippen molar-refractivity contribution >= 4 is 5.91 Å². The summed E-state index contributed by atoms with van der Waals surface area (Å²) in [4.78, 5) is 12.5. The molecular formula is C19H20FNO2. The number of hydrogen-bond acceptors (Lipinski definition) is 2. The van der Waals surface area contributed by atoms with E-state index in [-0.39, 0.29) is 17.1 Å². The number of carbonyl (C=O) groups excluding carboxylic acids is 1. The number of nitrogens with one attached hydrogen (secondary N) is 1. The number of ether oxygens (including phenoxy) is 1. The third-order valence-corrected chi connectivity index (χ3v) is 4.44. The highest BCUT2D eigenvalue weighted by atomic mass is 19.1. The average Bonchev–Trinajstić information content (AvgIpc) is 3.38. The van der Waals surface area contributed by atoms with Crippen molar-refractivity contribution in [3.8, 4) is 5.75 Å². The van der Waals surface area contributed by atoms with Crippen LogP contribution in [0.15, 0.2) is 48.5 Å². The van der Waals surface area contributed by atoms with Crippen LogP contribution >= 0.6 is 0 Å². The molecule has 1 saturated carbocycles. The smallest absolute Gasteiger partial charge is 0.230 e. The lowest BCUT2D eigenvalue weighted by Gasteiger charge is -2.16. The van der Waals surface area contributed by atoms with Crippen molar-refractivity contribution in [2.24, 2.45) is 0 Å². The molecule has 23 heavy (non-hydrogen) atoms. The fraction of sp³-hybridized carbons (Fsp3) is 0.316. The maximum atomic E-state index is 12.9. The molecule has 0 bridgehead atoms. The third-order valence-electron chi connectivity index (χ3n) is 4.44. The molecule has 1 fully saturated rings. The van der Waals surface area contributed by atoms with Gasteiger partial charge in [-0.3, -0.25) is 4.79 Å². The minimum Gasteiger partial charge on any atom is -0.497 e. The molecule has 4 heteroatoms. The van der Waals surface area contributed by atoms with E-state index in [4.69, 9.17) is 4.74 Å². The summed E-state index contributed by atoms with van der Waals surface area (Å²) < 4.78 is 18.0. The minimum atomic E-state index is -0.380. The van der Waals surface area contributed by atoms with Gasteiger partial charge in [-0.15, -0.1) is 0 Å². The first kappa shape index (κ1) is 15.5. The monoisotopic (exact) mass is 313 g/mol. The first-order valence-corrected chi connectivity index (χ1v) is 7.81. The van der Waals surface area contributed by atoms with Gasteiger partial charge < -0.3 is 10.1 Å². The van der Waals surface area contributed by atoms with Crippen molar-refractivity contribution in [1.29, 1.82) is 0 Å². The Hall–Kier alpha value is -2.36. The molecule has 0 radical (unpaired) electrons. The summed E-state index contributed by atoms with van der Waals surface area (Å²) >= 11 is 0. The first-order chi connectivity index (χ1) is 11.1. The summed E-state index contributed by atoms with van der Waals surface area (Å²) in [6.07, 6.45) is 2.45. The van der Waals surface area contributed by atoms with E-state index in [9.17, 15) is 9.18 Å². The standard InChI is InChI=1S/C19H20FNO2/c1-23-17-8-4-15(5-9-17)19(11-12-19)18(22)21-13-10-14-2-6-16(20)7-3-14/h2-9H,10-13H2,1H3,(H,21,22). The second-order valence-electron chi connectivity index (χ2n) is 5.94. The summed E-state index contributed by atoms with van der Waals surface area (Å²) in [5.41, 5.74) is 1.67. The molecule has 3 rings (SSSR count). The predicted molar refractivity (Wildman–Crippen MR) is 87.0 cm³/mol. The Morgan fingerprint density at radius 1 is 1.13 bits per heavy atom. The fourth-order valence-corrected chi connectivity index (χ4v) is 2.82. The number of halogens is 1. The Labute approximate surface area is 135 Å². The molecule has 1 aliphatic carbocycles. The molecule has 1 aliphatic rings. The van der Waals surface area contributed by atoms with Gasteiger partial charge >= 0.3 is 0 Å². The van der Waals surface area contributed by atoms with Crippen LogP contribution in [0.2, 0.25) is 0 Å². The molecule has 3 nitrogen and oxygen atoms in total. The molecule has 0 aliphatic heterocycles. The maximum absolute atomic E-state index is 12.9. The van der Waals surface area contributed by atoms with E-state index in [0.29, 0.717) is 13.0 Å². The number of hydrogen-bond donors (Lipinski definition) is 1. The largest absolute Gasteiger partial charge is 0.497 e. The van der Waals surface area contributed by atoms with Crippen LogP contribution < -0.4 is 10.1 Å². The molecule has 0 aromatic heterocycles. The number of carbonyl (C=O) groups is 1. The molecule has 0 spiro atoms. The van der Waals surface area contributed by atoms with Crippen LogP contribution in [0.5, 0.6) is 5.75 Å². The van der Waals surface area contributed by atoms with Gasteiger partial charge in [0, 0.05) is 6.54 Å². The molecule has 1 N–H and O–H groups in total. The Bertz CT molecular complexity index is 676. The zero-order chi connectivity index (χ0) is 16.3. The number of benzene rings is 2. The third kappa shape index (κ3) is 3.36. The summed E-state index contributed by atoms with van der Waals surface area (Å²) in [7, 11) is 1.63. The molecule has 1 amide bonds. The van der Waals surface area contributed by atoms with Gasteiger partial charge in [-0.05, 0) is 54.7 Å². The molecule has 2 aromatic rings. The van der Waals surface area contributed by atoms with Gasteiger partial charge in [-0.1, -0.05) is 24.3 Å². The number of methoxy groups -OCH3 is 1. The van der Waals surface area contributed by atoms with E-state index in [1.165, 1.54) is 12.1 Å². The van der Waals surface area contributed by atoms with Crippen LogP contribution in [-0.2, 0) is 16.6 Å². The second-order valence-corrected chi connectivity index (χ2v) is 5.94. The van der Waals surface area contributed by atoms with Gasteiger partial charge in [-0.2, -0.15) is 0 Å². The van der Waals surface area contributed by atoms with Gasteiger partial charge in [0.05, 0.1) is 12.5 Å². The molecular weight excluding hydrogens is 293 g/mol. The summed E-state index contributed by atoms with van der Waals surface area (Å²) in [5, 5.41) is 3.01. The summed E-state index contributed by atoms with van der Waals surface area (Å²) in [6, 6.07) is 14.1. The highest BCUT2D eigenvalue weighted by Gasteiger charge is 2.50. The van der Waals surface area contributed by atoms with Crippen LogP contribution in [0, 0.1) is 5.82 Å². The van der Waals surface area contributed by atoms with E-state index in [0.717, 1.165) is 29.7 Å². The van der Waals surface area contributed by atoms with E-state index in [1.807, 2.05) is 24.3 Å². The quantitative estimate of drug-likeness (QED) is 0.889. The maximum Gasteiger partial charge on any atom is 0.230 e. The summed E-state index contributed by atoms with van der Waals surface area (Å²) in [6.45, 7) is 0.558. The lowest BCUT2D eigenvalue weighted by Crippen LogP contribution is -2.35. The Kier molecular flexibility index (Phi) is 4.33. The molecule has 0 atom stereocenters. The van der Waals surface area contributed by atoms with Crippen molar-refractivity contribution in [2.75, 3.05) is 13.7 Å². The van der Waals surface area contributed by atoms with Gasteiger partial charge in [-0.25, -0.2) is 4.39 Å². The molecule has 0 saturated heterocycles. The van der Waals surface area contributed by atoms with E-state index in [1.54, 1.807) is 19.2 Å². The predicted octanol–water partition coefficient (Wildman–Crippen LogP) is 3.22. The first-order valence-electron chi connectivity index (χ1n) is 7.81. The van der Waals surface area contributed by atoms with Crippen LogP contribution in [0.25, 0.3) is 0 Å². The summed E-state index contributed by atoms with van der Waals surface area (Å²) in [5.74, 6) is 0.625. The number of rotatable bonds is 6. The van der Waals surface area contributed by atoms with Crippen molar-refractivity contribution in [3.05, 3.63) is 65.5 Å². The minimum absolute atomic E-state index is 0.0739. The van der Waals surface area contributed by atoms with Crippen LogP contribution in [0.4, 0.5) is 4.39 Å². The van der Waals surface area contributed by atoms with Gasteiger partial charge in [0.2, 0.25) is 5.91 Å². The number of amides is 1. The molecule has 0 unspecified atom stereocenters. The average molecular weight is 313 g/mol. The highest BCUT2D eigenvalue weighted by Crippen LogP contribution is 2.48. The van der Waals surface area contributed by atoms with Gasteiger partial charge in [0.25, 0.3) is 0 Å². The lowest BCUT2D eigenvalue weighted by molar-refractivity contribution is -0.123. The van der Waals surface area contributed by atoms with E-state index < -0.39 is 0 Å². The zero-order valence-electron chi connectivity index (χ0n) is 13.1. The van der Waals surface area contributed by atoms with E-state index in [2.05, 4.69) is 5.32 Å². The van der Waals surface area contributed by atoms with Crippen molar-refractivity contribution in [1.82, 2.24) is 5.32 Å². The SMILES string of the molecule is COc1ccc(C2(C(=O)NCCc3ccc(F)cc3)CC2)cc1. The van der Waals surface area contributed by atoms with Crippen LogP contribution in [0.1, 0.15) is 24.0 Å². The van der Waals surface area contributed by atoms with Gasteiger partial charge in [0.15, 0.2) is 0 Å². The second kappa shape index (κ2) is 6.41. The molecule has 0 heterocycles. The van der Waals surface area contributed by atoms with E-state index >= 15 is 0 Å². The normalized spacial score (nSPS) is 15.0. The molecule has 2 aromatic carbocycles. The van der Waals surface area contributed by atoms with Crippen molar-refractivity contribution < 1.29 is 13.9 Å². The topological polar surface area (TPSA) is 38.3 Å². The van der Waals surface area contributed by atoms with Crippen molar-refractivity contribution in [3.63, 3.8) is 0 Å². The van der Waals surface area contributed by atoms with Gasteiger partial charge in [0.1, 0.15) is 11.6 Å². The Morgan fingerprint density at radius 2 is 1.78 bits per heavy atom. The van der Waals surface area contributed by atoms with Crippen LogP contribution in [0.3, 0.4) is 0 Å². The lowest BCUT2D eigenvalue weighted by atomic mass is 9.95. The Balaban J connectivity index is 1.57. The fourth-order valence-electron chi connectivity index (χ4n) is 2.82.